The van der Waals surface area contributed by atoms with Crippen LogP contribution in [0.5, 0.6) is 0 Å². The maximum Gasteiger partial charge on any atom is 0.104 e. The van der Waals surface area contributed by atoms with Crippen LogP contribution in [0, 0.1) is 22.7 Å². The largest absolute Gasteiger partial charge is 0.306 e. The SMILES string of the molecule is N#Cc1c(-n2c3ccccc3c3ccccc32)c(-n2c3ccccc3c3ccccc32)c(C#N)c(-n2c3cc(-c4cccc5ccccc45)cc(-c4cccc5ccccc45)c3c3ccc4c5ccccc5sc4c32)c1-n1c2ccccc2c2ccccc21. The minimum Gasteiger partial charge on any atom is -0.306 e. The van der Waals surface area contributed by atoms with Crippen molar-refractivity contribution in [2.24, 2.45) is 0 Å². The third-order valence-electron chi connectivity index (χ3n) is 18.8. The van der Waals surface area contributed by atoms with E-state index in [2.05, 4.69) is 309 Å². The van der Waals surface area contributed by atoms with Crippen molar-refractivity contribution < 1.29 is 0 Å². The second-order valence-corrected chi connectivity index (χ2v) is 24.3. The average Bonchev–Trinajstić information content (AvgIpc) is 1.61. The minimum absolute atomic E-state index is 0.406. The van der Waals surface area contributed by atoms with E-state index in [4.69, 9.17) is 0 Å². The molecule has 6 nitrogen and oxygen atoms in total. The molecule has 7 heteroatoms. The standard InChI is InChI=1S/C82H46N6S/c83-47-66-77(85-68-36-12-5-27-56(68)57-28-6-13-37-69(57)85)78(86-70-38-14-7-29-58(70)59-30-8-15-39-71(59)86)67(48-84)80(79(66)87-72-40-16-9-31-60(72)61-32-10-17-41-73(61)87)88-74-46-51(54-34-19-23-49-21-1-3-25-52(49)54)45-65(55-35-20-24-50-22-2-4-26-53(50)55)76(74)64-44-43-63-62-33-11-18-42-75(62)89-82(63)81(64)88/h1-46H. The molecule has 19 rings (SSSR count). The van der Waals surface area contributed by atoms with Crippen molar-refractivity contribution >= 4 is 140 Å². The first kappa shape index (κ1) is 49.3. The predicted molar refractivity (Wildman–Crippen MR) is 372 cm³/mol. The van der Waals surface area contributed by atoms with Crippen LogP contribution in [0.4, 0.5) is 0 Å². The molecule has 0 N–H and O–H groups in total. The van der Waals surface area contributed by atoms with Gasteiger partial charge in [-0.05, 0) is 98.4 Å². The van der Waals surface area contributed by atoms with Gasteiger partial charge in [0.15, 0.2) is 0 Å². The fourth-order valence-electron chi connectivity index (χ4n) is 15.2. The molecule has 0 bridgehead atoms. The molecule has 0 aliphatic carbocycles. The summed E-state index contributed by atoms with van der Waals surface area (Å²) in [7, 11) is 0. The monoisotopic (exact) mass is 1150 g/mol. The number of nitriles is 2. The average molecular weight is 1150 g/mol. The van der Waals surface area contributed by atoms with Gasteiger partial charge in [-0.1, -0.05) is 224 Å². The van der Waals surface area contributed by atoms with Crippen LogP contribution >= 0.6 is 11.3 Å². The van der Waals surface area contributed by atoms with Crippen LogP contribution in [0.3, 0.4) is 0 Å². The van der Waals surface area contributed by atoms with E-state index < -0.39 is 0 Å². The highest BCUT2D eigenvalue weighted by Gasteiger charge is 2.36. The van der Waals surface area contributed by atoms with E-state index in [1.165, 1.54) is 0 Å². The summed E-state index contributed by atoms with van der Waals surface area (Å²) < 4.78 is 11.5. The van der Waals surface area contributed by atoms with E-state index in [1.807, 2.05) is 0 Å². The van der Waals surface area contributed by atoms with E-state index in [0.29, 0.717) is 33.9 Å². The molecule has 410 valence electrons. The topological polar surface area (TPSA) is 67.3 Å². The van der Waals surface area contributed by atoms with Gasteiger partial charge in [-0.15, -0.1) is 11.3 Å². The predicted octanol–water partition coefficient (Wildman–Crippen LogP) is 21.8. The van der Waals surface area contributed by atoms with Crippen molar-refractivity contribution in [1.29, 1.82) is 10.5 Å². The molecule has 0 aliphatic rings. The molecule has 0 aliphatic heterocycles. The summed E-state index contributed by atoms with van der Waals surface area (Å²) >= 11 is 1.78. The summed E-state index contributed by atoms with van der Waals surface area (Å²) in [5, 5.41) is 41.5. The van der Waals surface area contributed by atoms with Crippen LogP contribution in [0.1, 0.15) is 11.1 Å². The third kappa shape index (κ3) is 6.77. The van der Waals surface area contributed by atoms with Gasteiger partial charge in [0, 0.05) is 58.6 Å². The summed E-state index contributed by atoms with van der Waals surface area (Å²) in [5.41, 5.74) is 14.8. The molecule has 14 aromatic carbocycles. The quantitative estimate of drug-likeness (QED) is 0.166. The third-order valence-corrected chi connectivity index (χ3v) is 20.0. The van der Waals surface area contributed by atoms with Crippen LogP contribution in [-0.4, -0.2) is 18.3 Å². The number of para-hydroxylation sites is 6. The van der Waals surface area contributed by atoms with E-state index in [-0.39, 0.29) is 0 Å². The Morgan fingerprint density at radius 2 is 0.629 bits per heavy atom. The summed E-state index contributed by atoms with van der Waals surface area (Å²) in [5.74, 6) is 0. The first-order valence-electron chi connectivity index (χ1n) is 30.0. The molecule has 0 fully saturated rings. The molecule has 0 amide bonds. The number of benzene rings is 14. The lowest BCUT2D eigenvalue weighted by molar-refractivity contribution is 1.03. The lowest BCUT2D eigenvalue weighted by atomic mass is 9.90. The van der Waals surface area contributed by atoms with Crippen molar-refractivity contribution in [3.63, 3.8) is 0 Å². The van der Waals surface area contributed by atoms with Gasteiger partial charge in [0.25, 0.3) is 0 Å². The van der Waals surface area contributed by atoms with Crippen molar-refractivity contribution in [3.05, 3.63) is 290 Å². The Kier molecular flexibility index (Phi) is 10.4. The smallest absolute Gasteiger partial charge is 0.104 e. The Balaban J connectivity index is 1.14. The van der Waals surface area contributed by atoms with E-state index >= 15 is 0 Å². The number of hydrogen-bond acceptors (Lipinski definition) is 3. The van der Waals surface area contributed by atoms with E-state index in [1.54, 1.807) is 11.3 Å². The van der Waals surface area contributed by atoms with Gasteiger partial charge >= 0.3 is 0 Å². The van der Waals surface area contributed by atoms with Crippen LogP contribution in [-0.2, 0) is 0 Å². The van der Waals surface area contributed by atoms with Gasteiger partial charge in [-0.25, -0.2) is 0 Å². The Morgan fingerprint density at radius 3 is 1.09 bits per heavy atom. The maximum absolute atomic E-state index is 13.3. The molecule has 0 saturated heterocycles. The highest BCUT2D eigenvalue weighted by Crippen LogP contribution is 2.53. The summed E-state index contributed by atoms with van der Waals surface area (Å²) in [6.07, 6.45) is 0. The van der Waals surface area contributed by atoms with Crippen LogP contribution in [0.2, 0.25) is 0 Å². The van der Waals surface area contributed by atoms with Crippen molar-refractivity contribution in [2.75, 3.05) is 0 Å². The fraction of sp³-hybridized carbons (Fsp3) is 0. The van der Waals surface area contributed by atoms with Crippen LogP contribution < -0.4 is 0 Å². The van der Waals surface area contributed by atoms with Gasteiger partial charge in [0.05, 0.1) is 71.6 Å². The van der Waals surface area contributed by atoms with Crippen LogP contribution in [0.15, 0.2) is 279 Å². The van der Waals surface area contributed by atoms with Gasteiger partial charge in [0.1, 0.15) is 23.3 Å². The second kappa shape index (κ2) is 18.7. The molecule has 5 heterocycles. The lowest BCUT2D eigenvalue weighted by Gasteiger charge is -2.27. The summed E-state index contributed by atoms with van der Waals surface area (Å²) in [6.45, 7) is 0. The first-order chi connectivity index (χ1) is 44.1. The molecule has 0 atom stereocenters. The molecule has 0 unspecified atom stereocenters. The molecule has 5 aromatic heterocycles. The highest BCUT2D eigenvalue weighted by molar-refractivity contribution is 7.26. The van der Waals surface area contributed by atoms with Gasteiger partial charge in [0.2, 0.25) is 0 Å². The van der Waals surface area contributed by atoms with Gasteiger partial charge < -0.3 is 18.3 Å². The molecule has 0 spiro atoms. The number of thiophene rings is 1. The molecular weight excluding hydrogens is 1100 g/mol. The zero-order chi connectivity index (χ0) is 58.6. The van der Waals surface area contributed by atoms with Gasteiger partial charge in [-0.3, -0.25) is 0 Å². The normalized spacial score (nSPS) is 12.0. The Hall–Kier alpha value is -12.0. The number of rotatable bonds is 6. The molecule has 0 radical (unpaired) electrons. The fourth-order valence-corrected chi connectivity index (χ4v) is 16.5. The van der Waals surface area contributed by atoms with Crippen molar-refractivity contribution in [1.82, 2.24) is 18.3 Å². The zero-order valence-corrected chi connectivity index (χ0v) is 48.5. The van der Waals surface area contributed by atoms with Crippen molar-refractivity contribution in [3.8, 4) is 57.1 Å². The number of aromatic nitrogens is 4. The molecular formula is C82H46N6S. The number of nitrogens with zero attached hydrogens (tertiary/aromatic N) is 6. The molecule has 89 heavy (non-hydrogen) atoms. The number of hydrogen-bond donors (Lipinski definition) is 0. The van der Waals surface area contributed by atoms with Crippen molar-refractivity contribution in [2.45, 2.75) is 0 Å². The van der Waals surface area contributed by atoms with Gasteiger partial charge in [-0.2, -0.15) is 10.5 Å². The highest BCUT2D eigenvalue weighted by atomic mass is 32.1. The summed E-state index contributed by atoms with van der Waals surface area (Å²) in [4.78, 5) is 0. The number of fused-ring (bicyclic) bond motifs is 18. The second-order valence-electron chi connectivity index (χ2n) is 23.2. The molecule has 0 saturated carbocycles. The minimum atomic E-state index is 0.406. The Bertz CT molecular complexity index is 6230. The Labute approximate surface area is 513 Å². The van der Waals surface area contributed by atoms with E-state index in [0.717, 1.165) is 151 Å². The first-order valence-corrected chi connectivity index (χ1v) is 30.9. The van der Waals surface area contributed by atoms with Crippen LogP contribution in [0.25, 0.3) is 174 Å². The lowest BCUT2D eigenvalue weighted by Crippen LogP contribution is -2.16. The Morgan fingerprint density at radius 1 is 0.270 bits per heavy atom. The summed E-state index contributed by atoms with van der Waals surface area (Å²) in [6, 6.07) is 106. The molecule has 19 aromatic rings. The zero-order valence-electron chi connectivity index (χ0n) is 47.6. The van der Waals surface area contributed by atoms with E-state index in [9.17, 15) is 10.5 Å². The maximum atomic E-state index is 13.3.